The minimum atomic E-state index is -0.175. The van der Waals surface area contributed by atoms with Crippen molar-refractivity contribution in [2.24, 2.45) is 0 Å². The van der Waals surface area contributed by atoms with E-state index in [1.165, 1.54) is 0 Å². The molecule has 0 atom stereocenters. The molecule has 2 aromatic carbocycles. The molecule has 0 unspecified atom stereocenters. The van der Waals surface area contributed by atoms with Crippen LogP contribution in [0.5, 0.6) is 0 Å². The molecule has 0 bridgehead atoms. The van der Waals surface area contributed by atoms with Gasteiger partial charge < -0.3 is 9.84 Å². The van der Waals surface area contributed by atoms with Crippen LogP contribution in [-0.2, 0) is 6.54 Å². The predicted octanol–water partition coefficient (Wildman–Crippen LogP) is 3.79. The third kappa shape index (κ3) is 3.04. The molecule has 0 fully saturated rings. The van der Waals surface area contributed by atoms with Crippen molar-refractivity contribution in [3.05, 3.63) is 59.3 Å². The molecule has 5 heteroatoms. The fourth-order valence-electron chi connectivity index (χ4n) is 2.53. The molecular weight excluding hydrogens is 290 g/mol. The molecule has 2 amide bonds. The van der Waals surface area contributed by atoms with Crippen LogP contribution in [0.2, 0.25) is 0 Å². The maximum atomic E-state index is 12.4. The Kier molecular flexibility index (Phi) is 4.02. The Labute approximate surface area is 134 Å². The number of carbonyl (C=O) groups is 1. The number of amides is 2. The lowest BCUT2D eigenvalue weighted by Crippen LogP contribution is -2.37. The molecule has 1 aromatic heterocycles. The van der Waals surface area contributed by atoms with E-state index < -0.39 is 0 Å². The van der Waals surface area contributed by atoms with Crippen LogP contribution in [0, 0.1) is 13.8 Å². The van der Waals surface area contributed by atoms with Crippen molar-refractivity contribution in [1.82, 2.24) is 10.5 Å². The number of nitrogens with one attached hydrogen (secondary N) is 1. The molecule has 3 aromatic rings. The number of urea groups is 1. The van der Waals surface area contributed by atoms with Gasteiger partial charge in [0.1, 0.15) is 5.69 Å². The summed E-state index contributed by atoms with van der Waals surface area (Å²) in [6, 6.07) is 13.5. The number of hydrogen-bond acceptors (Lipinski definition) is 3. The van der Waals surface area contributed by atoms with E-state index in [1.807, 2.05) is 56.3 Å². The van der Waals surface area contributed by atoms with Gasteiger partial charge in [0.2, 0.25) is 0 Å². The van der Waals surface area contributed by atoms with Gasteiger partial charge in [-0.3, -0.25) is 4.90 Å². The molecule has 23 heavy (non-hydrogen) atoms. The SMILES string of the molecule is Cc1ccc(C)c(N(C)C(=O)NCc2noc3ccccc23)c1. The van der Waals surface area contributed by atoms with Crippen LogP contribution in [0.15, 0.2) is 47.0 Å². The van der Waals surface area contributed by atoms with Crippen LogP contribution in [0.1, 0.15) is 16.8 Å². The van der Waals surface area contributed by atoms with E-state index >= 15 is 0 Å². The normalized spacial score (nSPS) is 10.7. The van der Waals surface area contributed by atoms with Crippen molar-refractivity contribution in [2.45, 2.75) is 20.4 Å². The molecule has 0 aliphatic rings. The van der Waals surface area contributed by atoms with Gasteiger partial charge in [0.15, 0.2) is 5.58 Å². The van der Waals surface area contributed by atoms with Gasteiger partial charge in [-0.05, 0) is 43.2 Å². The van der Waals surface area contributed by atoms with Gasteiger partial charge in [0, 0.05) is 18.1 Å². The van der Waals surface area contributed by atoms with Gasteiger partial charge in [-0.1, -0.05) is 29.4 Å². The van der Waals surface area contributed by atoms with E-state index in [9.17, 15) is 4.79 Å². The predicted molar refractivity (Wildman–Crippen MR) is 90.6 cm³/mol. The molecule has 0 radical (unpaired) electrons. The summed E-state index contributed by atoms with van der Waals surface area (Å²) in [6.45, 7) is 4.32. The first-order valence-electron chi connectivity index (χ1n) is 7.48. The summed E-state index contributed by atoms with van der Waals surface area (Å²) in [5, 5.41) is 7.83. The zero-order valence-corrected chi connectivity index (χ0v) is 13.5. The first-order valence-corrected chi connectivity index (χ1v) is 7.48. The molecule has 1 N–H and O–H groups in total. The molecule has 118 valence electrons. The summed E-state index contributed by atoms with van der Waals surface area (Å²) in [5.74, 6) is 0. The minimum absolute atomic E-state index is 0.175. The maximum absolute atomic E-state index is 12.4. The molecule has 3 rings (SSSR count). The number of benzene rings is 2. The average molecular weight is 309 g/mol. The molecule has 0 spiro atoms. The number of nitrogens with zero attached hydrogens (tertiary/aromatic N) is 2. The number of fused-ring (bicyclic) bond motifs is 1. The smallest absolute Gasteiger partial charge is 0.321 e. The zero-order valence-electron chi connectivity index (χ0n) is 13.5. The number of para-hydroxylation sites is 1. The summed E-state index contributed by atoms with van der Waals surface area (Å²) < 4.78 is 5.25. The van der Waals surface area contributed by atoms with E-state index in [0.717, 1.165) is 33.5 Å². The first kappa shape index (κ1) is 15.1. The Morgan fingerprint density at radius 3 is 2.83 bits per heavy atom. The standard InChI is InChI=1S/C18H19N3O2/c1-12-8-9-13(2)16(10-12)21(3)18(22)19-11-15-14-6-4-5-7-17(14)23-20-15/h4-10H,11H2,1-3H3,(H,19,22). The summed E-state index contributed by atoms with van der Waals surface area (Å²) in [4.78, 5) is 14.0. The highest BCUT2D eigenvalue weighted by atomic mass is 16.5. The molecular formula is C18H19N3O2. The number of hydrogen-bond donors (Lipinski definition) is 1. The van der Waals surface area contributed by atoms with Crippen molar-refractivity contribution in [3.8, 4) is 0 Å². The Morgan fingerprint density at radius 2 is 2.00 bits per heavy atom. The number of anilines is 1. The molecule has 1 heterocycles. The number of aromatic nitrogens is 1. The third-order valence-corrected chi connectivity index (χ3v) is 3.89. The van der Waals surface area contributed by atoms with Crippen LogP contribution in [0.4, 0.5) is 10.5 Å². The molecule has 0 saturated carbocycles. The largest absolute Gasteiger partial charge is 0.356 e. The highest BCUT2D eigenvalue weighted by Gasteiger charge is 2.14. The van der Waals surface area contributed by atoms with Crippen molar-refractivity contribution < 1.29 is 9.32 Å². The highest BCUT2D eigenvalue weighted by molar-refractivity contribution is 5.92. The molecule has 0 aliphatic heterocycles. The van der Waals surface area contributed by atoms with Gasteiger partial charge in [-0.2, -0.15) is 0 Å². The van der Waals surface area contributed by atoms with Gasteiger partial charge in [0.05, 0.1) is 6.54 Å². The maximum Gasteiger partial charge on any atom is 0.321 e. The van der Waals surface area contributed by atoms with E-state index in [1.54, 1.807) is 11.9 Å². The van der Waals surface area contributed by atoms with Crippen molar-refractivity contribution in [3.63, 3.8) is 0 Å². The fourth-order valence-corrected chi connectivity index (χ4v) is 2.53. The van der Waals surface area contributed by atoms with Crippen molar-refractivity contribution >= 4 is 22.7 Å². The summed E-state index contributed by atoms with van der Waals surface area (Å²) >= 11 is 0. The summed E-state index contributed by atoms with van der Waals surface area (Å²) in [5.41, 5.74) is 4.52. The number of carbonyl (C=O) groups excluding carboxylic acids is 1. The Balaban J connectivity index is 1.73. The van der Waals surface area contributed by atoms with Crippen LogP contribution >= 0.6 is 0 Å². The number of aryl methyl sites for hydroxylation is 2. The molecule has 0 saturated heterocycles. The van der Waals surface area contributed by atoms with Crippen LogP contribution < -0.4 is 10.2 Å². The average Bonchev–Trinajstić information content (AvgIpc) is 2.97. The topological polar surface area (TPSA) is 58.4 Å². The minimum Gasteiger partial charge on any atom is -0.356 e. The van der Waals surface area contributed by atoms with E-state index in [2.05, 4.69) is 10.5 Å². The van der Waals surface area contributed by atoms with Gasteiger partial charge in [-0.25, -0.2) is 4.79 Å². The number of rotatable bonds is 3. The highest BCUT2D eigenvalue weighted by Crippen LogP contribution is 2.21. The lowest BCUT2D eigenvalue weighted by molar-refractivity contribution is 0.247. The van der Waals surface area contributed by atoms with Gasteiger partial charge in [0.25, 0.3) is 0 Å². The Hall–Kier alpha value is -2.82. The van der Waals surface area contributed by atoms with E-state index in [-0.39, 0.29) is 6.03 Å². The lowest BCUT2D eigenvalue weighted by atomic mass is 10.1. The Bertz CT molecular complexity index is 854. The zero-order chi connectivity index (χ0) is 16.4. The van der Waals surface area contributed by atoms with E-state index in [4.69, 9.17) is 4.52 Å². The monoisotopic (exact) mass is 309 g/mol. The van der Waals surface area contributed by atoms with Crippen molar-refractivity contribution in [1.29, 1.82) is 0 Å². The second-order valence-electron chi connectivity index (χ2n) is 5.63. The second-order valence-corrected chi connectivity index (χ2v) is 5.63. The second kappa shape index (κ2) is 6.12. The first-order chi connectivity index (χ1) is 11.1. The fraction of sp³-hybridized carbons (Fsp3) is 0.222. The van der Waals surface area contributed by atoms with Crippen LogP contribution in [0.25, 0.3) is 11.0 Å². The van der Waals surface area contributed by atoms with Crippen LogP contribution in [-0.4, -0.2) is 18.2 Å². The Morgan fingerprint density at radius 1 is 1.22 bits per heavy atom. The summed E-state index contributed by atoms with van der Waals surface area (Å²) in [7, 11) is 1.76. The quantitative estimate of drug-likeness (QED) is 0.800. The lowest BCUT2D eigenvalue weighted by Gasteiger charge is -2.20. The van der Waals surface area contributed by atoms with Crippen molar-refractivity contribution in [2.75, 3.05) is 11.9 Å². The summed E-state index contributed by atoms with van der Waals surface area (Å²) in [6.07, 6.45) is 0. The third-order valence-electron chi connectivity index (χ3n) is 3.89. The van der Waals surface area contributed by atoms with Gasteiger partial charge >= 0.3 is 6.03 Å². The van der Waals surface area contributed by atoms with Crippen LogP contribution in [0.3, 0.4) is 0 Å². The van der Waals surface area contributed by atoms with E-state index in [0.29, 0.717) is 6.54 Å². The molecule has 0 aliphatic carbocycles. The molecule has 5 nitrogen and oxygen atoms in total. The van der Waals surface area contributed by atoms with Gasteiger partial charge in [-0.15, -0.1) is 0 Å².